The standard InChI is InChI=1S/C25H17N3O2S.H2O/c1-14-10-12-15(13-11-14)21-22(28-18-8-4-5-9-19(18)31-25(28)27-21)20-23(29)16-6-2-3-7-17(16)26-24(20)30;/h2-13,21H,1H3,(H,26,29,30);1H2. The Bertz CT molecular complexity index is 1680. The number of H-pyrrole nitrogens is 1. The summed E-state index contributed by atoms with van der Waals surface area (Å²) in [6, 6.07) is 23.1. The second kappa shape index (κ2) is 7.40. The van der Waals surface area contributed by atoms with Gasteiger partial charge in [0.1, 0.15) is 11.3 Å². The lowest BCUT2D eigenvalue weighted by atomic mass is 9.95. The molecule has 158 valence electrons. The number of pyridine rings is 1. The Labute approximate surface area is 186 Å². The van der Waals surface area contributed by atoms with Gasteiger partial charge in [0.2, 0.25) is 6.04 Å². The van der Waals surface area contributed by atoms with Crippen molar-refractivity contribution in [3.8, 4) is 5.75 Å². The molecular weight excluding hydrogens is 422 g/mol. The number of para-hydroxylation sites is 2. The number of hydrogen-bond donors (Lipinski definition) is 2. The van der Waals surface area contributed by atoms with Crippen molar-refractivity contribution >= 4 is 32.5 Å². The maximum Gasteiger partial charge on any atom is 0.384 e. The molecule has 3 aromatic carbocycles. The van der Waals surface area contributed by atoms with Crippen LogP contribution in [-0.2, 0) is 0 Å². The van der Waals surface area contributed by atoms with Crippen LogP contribution in [0.15, 0.2) is 82.6 Å². The van der Waals surface area contributed by atoms with E-state index < -0.39 is 0 Å². The molecule has 32 heavy (non-hydrogen) atoms. The molecule has 0 saturated carbocycles. The van der Waals surface area contributed by atoms with E-state index in [-0.39, 0.29) is 28.4 Å². The average Bonchev–Trinajstić information content (AvgIpc) is 3.31. The summed E-state index contributed by atoms with van der Waals surface area (Å²) in [6.45, 7) is 2.04. The van der Waals surface area contributed by atoms with Gasteiger partial charge in [-0.1, -0.05) is 59.1 Å². The van der Waals surface area contributed by atoms with Crippen LogP contribution in [0.3, 0.4) is 0 Å². The Morgan fingerprint density at radius 3 is 2.53 bits per heavy atom. The molecule has 0 spiro atoms. The van der Waals surface area contributed by atoms with E-state index >= 15 is 0 Å². The summed E-state index contributed by atoms with van der Waals surface area (Å²) in [4.78, 5) is 22.0. The van der Waals surface area contributed by atoms with Gasteiger partial charge in [-0.25, -0.2) is 0 Å². The molecule has 0 saturated heterocycles. The van der Waals surface area contributed by atoms with Crippen molar-refractivity contribution in [1.82, 2.24) is 4.98 Å². The maximum absolute atomic E-state index is 13.3. The van der Waals surface area contributed by atoms with E-state index in [1.165, 1.54) is 0 Å². The summed E-state index contributed by atoms with van der Waals surface area (Å²) in [5.74, 6) is -0.0164. The van der Waals surface area contributed by atoms with E-state index in [9.17, 15) is 9.90 Å². The molecule has 0 fully saturated rings. The highest BCUT2D eigenvalue weighted by atomic mass is 32.1. The summed E-state index contributed by atoms with van der Waals surface area (Å²) in [7, 11) is 0. The van der Waals surface area contributed by atoms with Gasteiger partial charge in [-0.3, -0.25) is 4.79 Å². The number of thiazole rings is 1. The van der Waals surface area contributed by atoms with E-state index in [1.807, 2.05) is 77.9 Å². The average molecular weight is 442 g/mol. The molecule has 0 radical (unpaired) electrons. The molecular formula is C25H19N3O3S. The zero-order valence-corrected chi connectivity index (χ0v) is 17.9. The molecule has 0 bridgehead atoms. The predicted molar refractivity (Wildman–Crippen MR) is 123 cm³/mol. The van der Waals surface area contributed by atoms with Crippen molar-refractivity contribution in [2.24, 2.45) is 4.99 Å². The Morgan fingerprint density at radius 2 is 1.72 bits per heavy atom. The zero-order chi connectivity index (χ0) is 21.1. The molecule has 0 amide bonds. The van der Waals surface area contributed by atoms with E-state index in [4.69, 9.17) is 4.99 Å². The van der Waals surface area contributed by atoms with Crippen LogP contribution in [0, 0.1) is 12.6 Å². The summed E-state index contributed by atoms with van der Waals surface area (Å²) < 4.78 is 3.10. The molecule has 7 heteroatoms. The normalized spacial score (nSPS) is 14.9. The first kappa shape index (κ1) is 20.1. The number of benzene rings is 3. The summed E-state index contributed by atoms with van der Waals surface area (Å²) in [5, 5.41) is 11.9. The predicted octanol–water partition coefficient (Wildman–Crippen LogP) is 3.67. The minimum absolute atomic E-state index is 0. The highest BCUT2D eigenvalue weighted by Crippen LogP contribution is 2.35. The fourth-order valence-corrected chi connectivity index (χ4v) is 5.33. The van der Waals surface area contributed by atoms with Crippen LogP contribution < -0.4 is 14.6 Å². The van der Waals surface area contributed by atoms with Crippen molar-refractivity contribution in [2.45, 2.75) is 13.0 Å². The fourth-order valence-electron chi connectivity index (χ4n) is 4.28. The van der Waals surface area contributed by atoms with Crippen LogP contribution in [0.5, 0.6) is 5.75 Å². The molecule has 5 aromatic rings. The van der Waals surface area contributed by atoms with E-state index in [1.54, 1.807) is 17.4 Å². The summed E-state index contributed by atoms with van der Waals surface area (Å²) in [5.41, 5.74) is 4.34. The van der Waals surface area contributed by atoms with Gasteiger partial charge in [-0.2, -0.15) is 4.24 Å². The molecule has 1 unspecified atom stereocenters. The third-order valence-electron chi connectivity index (χ3n) is 5.78. The van der Waals surface area contributed by atoms with Crippen molar-refractivity contribution in [2.75, 3.05) is 0 Å². The third kappa shape index (κ3) is 2.86. The van der Waals surface area contributed by atoms with Gasteiger partial charge in [-0.15, -0.1) is 0 Å². The van der Waals surface area contributed by atoms with Gasteiger partial charge in [0, 0.05) is 10.9 Å². The first-order valence-electron chi connectivity index (χ1n) is 10.0. The van der Waals surface area contributed by atoms with E-state index in [0.717, 1.165) is 26.1 Å². The monoisotopic (exact) mass is 441 g/mol. The SMILES string of the molecule is Cc1ccc(C2N=c3sc4ccccc4[n+]3=C2c2c(O)c3ccccc3[nH]c2=O)cc1.[OH-]. The van der Waals surface area contributed by atoms with Gasteiger partial charge in [0.05, 0.1) is 10.2 Å². The van der Waals surface area contributed by atoms with Gasteiger partial charge >= 0.3 is 4.80 Å². The quantitative estimate of drug-likeness (QED) is 0.409. The molecule has 3 heterocycles. The molecule has 6 rings (SSSR count). The second-order valence-electron chi connectivity index (χ2n) is 7.74. The Balaban J connectivity index is 0.00000216. The van der Waals surface area contributed by atoms with Crippen molar-refractivity contribution in [3.05, 3.63) is 110 Å². The Hall–Kier alpha value is -3.81. The molecule has 1 aliphatic heterocycles. The Morgan fingerprint density at radius 1 is 1.00 bits per heavy atom. The van der Waals surface area contributed by atoms with E-state index in [2.05, 4.69) is 4.98 Å². The topological polar surface area (TPSA) is 101 Å². The molecule has 2 aromatic heterocycles. The lowest BCUT2D eigenvalue weighted by Crippen LogP contribution is -2.35. The molecule has 3 N–H and O–H groups in total. The van der Waals surface area contributed by atoms with Crippen LogP contribution >= 0.6 is 11.3 Å². The number of aromatic nitrogens is 2. The maximum atomic E-state index is 13.3. The molecule has 1 aliphatic rings. The lowest BCUT2D eigenvalue weighted by Gasteiger charge is -2.10. The number of rotatable bonds is 2. The summed E-state index contributed by atoms with van der Waals surface area (Å²) >= 11 is 1.58. The smallest absolute Gasteiger partial charge is 0.384 e. The van der Waals surface area contributed by atoms with Gasteiger partial charge in [0.15, 0.2) is 11.2 Å². The number of aryl methyl sites for hydroxylation is 1. The van der Waals surface area contributed by atoms with Crippen LogP contribution in [0.1, 0.15) is 22.7 Å². The first-order chi connectivity index (χ1) is 15.1. The molecule has 6 nitrogen and oxygen atoms in total. The number of nitrogens with zero attached hydrogens (tertiary/aromatic N) is 2. The van der Waals surface area contributed by atoms with Crippen molar-refractivity contribution in [1.29, 1.82) is 0 Å². The number of hydrogen-bond acceptors (Lipinski definition) is 5. The Kier molecular flexibility index (Phi) is 4.65. The number of aromatic amines is 1. The molecule has 0 aliphatic carbocycles. The van der Waals surface area contributed by atoms with Crippen molar-refractivity contribution in [3.63, 3.8) is 0 Å². The van der Waals surface area contributed by atoms with Crippen LogP contribution in [0.25, 0.3) is 21.1 Å². The largest absolute Gasteiger partial charge is 0.870 e. The third-order valence-corrected chi connectivity index (χ3v) is 6.82. The lowest BCUT2D eigenvalue weighted by molar-refractivity contribution is -0.498. The minimum Gasteiger partial charge on any atom is -0.870 e. The number of fused-ring (bicyclic) bond motifs is 4. The fraction of sp³-hybridized carbons (Fsp3) is 0.0800. The second-order valence-corrected chi connectivity index (χ2v) is 8.75. The first-order valence-corrected chi connectivity index (χ1v) is 10.9. The van der Waals surface area contributed by atoms with E-state index in [0.29, 0.717) is 16.6 Å². The van der Waals surface area contributed by atoms with Crippen LogP contribution in [-0.4, -0.2) is 15.6 Å². The van der Waals surface area contributed by atoms with Gasteiger partial charge < -0.3 is 15.6 Å². The highest BCUT2D eigenvalue weighted by Gasteiger charge is 2.38. The molecule has 1 atom stereocenters. The summed E-state index contributed by atoms with van der Waals surface area (Å²) in [6.07, 6.45) is 0. The highest BCUT2D eigenvalue weighted by molar-refractivity contribution is 7.15. The van der Waals surface area contributed by atoms with Gasteiger partial charge in [-0.05, 0) is 42.5 Å². The van der Waals surface area contributed by atoms with Crippen LogP contribution in [0.2, 0.25) is 0 Å². The van der Waals surface area contributed by atoms with Crippen molar-refractivity contribution < 1.29 is 14.8 Å². The number of aromatic hydroxyl groups is 1. The van der Waals surface area contributed by atoms with Gasteiger partial charge in [0.25, 0.3) is 5.56 Å². The zero-order valence-electron chi connectivity index (χ0n) is 17.1. The minimum atomic E-state index is -0.385. The van der Waals surface area contributed by atoms with Crippen LogP contribution in [0.4, 0.5) is 0 Å². The number of nitrogens with one attached hydrogen (secondary N) is 1.